The van der Waals surface area contributed by atoms with Gasteiger partial charge < -0.3 is 0 Å². The lowest BCUT2D eigenvalue weighted by Crippen LogP contribution is -2.36. The van der Waals surface area contributed by atoms with Gasteiger partial charge in [-0.05, 0) is 53.5 Å². The maximum Gasteiger partial charge on any atom is 0.166 e. The number of hydrogen-bond donors (Lipinski definition) is 0. The number of carbonyl (C=O) groups excluding carboxylic acids is 1. The highest BCUT2D eigenvalue weighted by molar-refractivity contribution is 8.01. The molecule has 2 rings (SSSR count). The van der Waals surface area contributed by atoms with Crippen molar-refractivity contribution in [2.24, 2.45) is 11.3 Å². The lowest BCUT2D eigenvalue weighted by Gasteiger charge is -2.46. The van der Waals surface area contributed by atoms with Gasteiger partial charge >= 0.3 is 0 Å². The molecule has 0 bridgehead atoms. The summed E-state index contributed by atoms with van der Waals surface area (Å²) in [6.45, 7) is 0. The van der Waals surface area contributed by atoms with Gasteiger partial charge in [-0.15, -0.1) is 0 Å². The van der Waals surface area contributed by atoms with Gasteiger partial charge in [0.25, 0.3) is 0 Å². The van der Waals surface area contributed by atoms with Crippen molar-refractivity contribution in [1.29, 1.82) is 0 Å². The zero-order chi connectivity index (χ0) is 11.8. The summed E-state index contributed by atoms with van der Waals surface area (Å²) in [4.78, 5) is 11.9. The second-order valence-electron chi connectivity index (χ2n) is 5.96. The standard InChI is InChI=1S/C13H22O2S/c1-16(2,15)10-12(14)11-4-8-13(9-5-11)6-3-7-13/h10-11H,3-9H2,1-2H3. The van der Waals surface area contributed by atoms with Crippen molar-refractivity contribution >= 4 is 20.7 Å². The van der Waals surface area contributed by atoms with Crippen LogP contribution in [0.3, 0.4) is 0 Å². The average molecular weight is 242 g/mol. The van der Waals surface area contributed by atoms with E-state index in [9.17, 15) is 9.00 Å². The predicted octanol–water partition coefficient (Wildman–Crippen LogP) is 2.26. The smallest absolute Gasteiger partial charge is 0.166 e. The number of Topliss-reactive ketones (excluding diaryl/α,β-unsaturated/α-hetero) is 1. The van der Waals surface area contributed by atoms with Crippen molar-refractivity contribution in [2.45, 2.75) is 44.9 Å². The number of hydrogen-bond acceptors (Lipinski definition) is 2. The van der Waals surface area contributed by atoms with Crippen molar-refractivity contribution in [3.8, 4) is 0 Å². The van der Waals surface area contributed by atoms with Crippen LogP contribution in [0.5, 0.6) is 0 Å². The molecular formula is C13H22O2S. The molecule has 0 atom stereocenters. The molecule has 0 radical (unpaired) electrons. The van der Waals surface area contributed by atoms with E-state index in [-0.39, 0.29) is 11.7 Å². The molecule has 0 amide bonds. The van der Waals surface area contributed by atoms with Crippen LogP contribution >= 0.6 is 0 Å². The Morgan fingerprint density at radius 2 is 1.75 bits per heavy atom. The third-order valence-corrected chi connectivity index (χ3v) is 5.06. The van der Waals surface area contributed by atoms with Crippen LogP contribution in [0, 0.1) is 11.3 Å². The molecule has 0 aromatic rings. The van der Waals surface area contributed by atoms with E-state index in [2.05, 4.69) is 0 Å². The third-order valence-electron chi connectivity index (χ3n) is 4.26. The molecule has 0 saturated heterocycles. The Labute approximate surface area is 98.8 Å². The van der Waals surface area contributed by atoms with E-state index in [1.807, 2.05) is 0 Å². The van der Waals surface area contributed by atoms with Crippen LogP contribution in [0.2, 0.25) is 0 Å². The lowest BCUT2D eigenvalue weighted by atomic mass is 9.59. The molecule has 2 aliphatic rings. The van der Waals surface area contributed by atoms with Crippen LogP contribution in [0.15, 0.2) is 0 Å². The van der Waals surface area contributed by atoms with E-state index >= 15 is 0 Å². The van der Waals surface area contributed by atoms with E-state index in [1.165, 1.54) is 37.5 Å². The van der Waals surface area contributed by atoms with E-state index in [0.29, 0.717) is 5.41 Å². The molecule has 2 nitrogen and oxygen atoms in total. The van der Waals surface area contributed by atoms with Crippen LogP contribution in [0.25, 0.3) is 0 Å². The SMILES string of the molecule is CS(C)(=O)=CC(=O)C1CCC2(CCC2)CC1. The van der Waals surface area contributed by atoms with Crippen LogP contribution in [0.4, 0.5) is 0 Å². The van der Waals surface area contributed by atoms with Gasteiger partial charge in [0.15, 0.2) is 5.78 Å². The first-order chi connectivity index (χ1) is 7.40. The highest BCUT2D eigenvalue weighted by Gasteiger charge is 2.41. The van der Waals surface area contributed by atoms with Gasteiger partial charge in [0, 0.05) is 23.8 Å². The molecular weight excluding hydrogens is 220 g/mol. The van der Waals surface area contributed by atoms with E-state index in [0.717, 1.165) is 12.8 Å². The van der Waals surface area contributed by atoms with Gasteiger partial charge in [-0.1, -0.05) is 6.42 Å². The molecule has 1 spiro atoms. The van der Waals surface area contributed by atoms with Gasteiger partial charge in [-0.25, -0.2) is 0 Å². The largest absolute Gasteiger partial charge is 0.294 e. The summed E-state index contributed by atoms with van der Waals surface area (Å²) in [5.41, 5.74) is 0.608. The first kappa shape index (κ1) is 12.2. The second kappa shape index (κ2) is 4.17. The van der Waals surface area contributed by atoms with E-state index in [1.54, 1.807) is 12.5 Å². The summed E-state index contributed by atoms with van der Waals surface area (Å²) < 4.78 is 11.6. The number of rotatable bonds is 2. The summed E-state index contributed by atoms with van der Waals surface area (Å²) in [6.07, 6.45) is 11.9. The Kier molecular flexibility index (Phi) is 3.17. The summed E-state index contributed by atoms with van der Waals surface area (Å²) in [7, 11) is -2.02. The van der Waals surface area contributed by atoms with Crippen molar-refractivity contribution < 1.29 is 9.00 Å². The van der Waals surface area contributed by atoms with E-state index in [4.69, 9.17) is 0 Å². The highest BCUT2D eigenvalue weighted by Crippen LogP contribution is 2.52. The minimum Gasteiger partial charge on any atom is -0.294 e. The van der Waals surface area contributed by atoms with Gasteiger partial charge in [0.2, 0.25) is 0 Å². The van der Waals surface area contributed by atoms with Crippen molar-refractivity contribution in [1.82, 2.24) is 0 Å². The maximum absolute atomic E-state index is 11.9. The van der Waals surface area contributed by atoms with Crippen molar-refractivity contribution in [3.05, 3.63) is 0 Å². The van der Waals surface area contributed by atoms with Gasteiger partial charge in [-0.3, -0.25) is 9.00 Å². The highest BCUT2D eigenvalue weighted by atomic mass is 32.2. The Morgan fingerprint density at radius 3 is 2.12 bits per heavy atom. The Hall–Kier alpha value is -0.310. The summed E-state index contributed by atoms with van der Waals surface area (Å²) >= 11 is 0. The zero-order valence-corrected chi connectivity index (χ0v) is 11.1. The van der Waals surface area contributed by atoms with E-state index < -0.39 is 9.52 Å². The summed E-state index contributed by atoms with van der Waals surface area (Å²) in [5.74, 6) is 0.288. The van der Waals surface area contributed by atoms with Crippen LogP contribution in [-0.4, -0.2) is 27.9 Å². The van der Waals surface area contributed by atoms with Crippen molar-refractivity contribution in [3.63, 3.8) is 0 Å². The minimum absolute atomic E-state index is 0.129. The maximum atomic E-state index is 11.9. The molecule has 0 heterocycles. The van der Waals surface area contributed by atoms with Gasteiger partial charge in [0.05, 0.1) is 0 Å². The normalized spacial score (nSPS) is 25.1. The molecule has 0 aromatic heterocycles. The fourth-order valence-corrected chi connectivity index (χ4v) is 3.82. The Balaban J connectivity index is 1.94. The number of ketones is 1. The fraction of sp³-hybridized carbons (Fsp3) is 0.846. The molecule has 0 aromatic carbocycles. The molecule has 0 unspecified atom stereocenters. The third kappa shape index (κ3) is 2.68. The molecule has 2 fully saturated rings. The van der Waals surface area contributed by atoms with Crippen molar-refractivity contribution in [2.75, 3.05) is 12.5 Å². The molecule has 2 saturated carbocycles. The molecule has 92 valence electrons. The Morgan fingerprint density at radius 1 is 1.19 bits per heavy atom. The molecule has 0 N–H and O–H groups in total. The topological polar surface area (TPSA) is 34.1 Å². The number of carbonyl (C=O) groups is 1. The monoisotopic (exact) mass is 242 g/mol. The van der Waals surface area contributed by atoms with Crippen LogP contribution in [0.1, 0.15) is 44.9 Å². The molecule has 16 heavy (non-hydrogen) atoms. The predicted molar refractivity (Wildman–Crippen MR) is 69.3 cm³/mol. The zero-order valence-electron chi connectivity index (χ0n) is 10.3. The summed E-state index contributed by atoms with van der Waals surface area (Å²) in [6, 6.07) is 0. The first-order valence-corrected chi connectivity index (χ1v) is 8.67. The second-order valence-corrected chi connectivity index (χ2v) is 8.81. The first-order valence-electron chi connectivity index (χ1n) is 6.23. The summed E-state index contributed by atoms with van der Waals surface area (Å²) in [5, 5.41) is 1.47. The van der Waals surface area contributed by atoms with Crippen LogP contribution in [-0.2, 0) is 14.3 Å². The quantitative estimate of drug-likeness (QED) is 0.696. The van der Waals surface area contributed by atoms with Crippen LogP contribution < -0.4 is 0 Å². The Bertz CT molecular complexity index is 380. The average Bonchev–Trinajstić information content (AvgIpc) is 2.13. The molecule has 3 heteroatoms. The molecule has 2 aliphatic carbocycles. The molecule has 0 aliphatic heterocycles. The van der Waals surface area contributed by atoms with Gasteiger partial charge in [-0.2, -0.15) is 0 Å². The minimum atomic E-state index is -2.02. The van der Waals surface area contributed by atoms with Gasteiger partial charge in [0.1, 0.15) is 0 Å². The fourth-order valence-electron chi connectivity index (χ4n) is 3.07. The lowest BCUT2D eigenvalue weighted by molar-refractivity contribution is -0.118.